The predicted octanol–water partition coefficient (Wildman–Crippen LogP) is 6.41. The average Bonchev–Trinajstić information content (AvgIpc) is 2.75. The molecule has 0 radical (unpaired) electrons. The van der Waals surface area contributed by atoms with E-state index in [1.165, 1.54) is 18.2 Å². The van der Waals surface area contributed by atoms with E-state index in [1.54, 1.807) is 54.6 Å². The Hall–Kier alpha value is -3.30. The summed E-state index contributed by atoms with van der Waals surface area (Å²) in [6.45, 7) is 0. The highest BCUT2D eigenvalue weighted by Gasteiger charge is 2.12. The van der Waals surface area contributed by atoms with Gasteiger partial charge in [0.15, 0.2) is 0 Å². The zero-order valence-electron chi connectivity index (χ0n) is 15.7. The minimum atomic E-state index is -0.600. The highest BCUT2D eigenvalue weighted by Crippen LogP contribution is 2.25. The SMILES string of the molecule is N#C/C(=C/c1ccc(OC(=O)c2cccc(Cl)c2)cc1)C(=O)Nc1ccc(Cl)c(Cl)c1. The largest absolute Gasteiger partial charge is 0.423 e. The van der Waals surface area contributed by atoms with Crippen LogP contribution in [0.25, 0.3) is 6.08 Å². The topological polar surface area (TPSA) is 79.2 Å². The van der Waals surface area contributed by atoms with Gasteiger partial charge in [-0.1, -0.05) is 53.0 Å². The molecule has 154 valence electrons. The van der Waals surface area contributed by atoms with Gasteiger partial charge >= 0.3 is 5.97 Å². The van der Waals surface area contributed by atoms with Crippen LogP contribution in [0.1, 0.15) is 15.9 Å². The fourth-order valence-electron chi connectivity index (χ4n) is 2.50. The first-order valence-corrected chi connectivity index (χ1v) is 9.95. The van der Waals surface area contributed by atoms with Crippen LogP contribution in [0.2, 0.25) is 15.1 Å². The number of benzene rings is 3. The number of esters is 1. The minimum Gasteiger partial charge on any atom is -0.423 e. The van der Waals surface area contributed by atoms with E-state index >= 15 is 0 Å². The van der Waals surface area contributed by atoms with Crippen LogP contribution in [-0.4, -0.2) is 11.9 Å². The number of hydrogen-bond donors (Lipinski definition) is 1. The zero-order valence-corrected chi connectivity index (χ0v) is 18.0. The molecule has 1 amide bonds. The van der Waals surface area contributed by atoms with Crippen molar-refractivity contribution < 1.29 is 14.3 Å². The van der Waals surface area contributed by atoms with E-state index in [0.29, 0.717) is 32.6 Å². The number of carbonyl (C=O) groups excluding carboxylic acids is 2. The summed E-state index contributed by atoms with van der Waals surface area (Å²) < 4.78 is 5.30. The molecule has 3 rings (SSSR count). The van der Waals surface area contributed by atoms with Crippen molar-refractivity contribution in [2.24, 2.45) is 0 Å². The summed E-state index contributed by atoms with van der Waals surface area (Å²) in [5.74, 6) is -0.845. The van der Waals surface area contributed by atoms with Crippen molar-refractivity contribution in [2.45, 2.75) is 0 Å². The molecular formula is C23H13Cl3N2O3. The third-order valence-corrected chi connectivity index (χ3v) is 4.98. The van der Waals surface area contributed by atoms with Gasteiger partial charge in [-0.2, -0.15) is 5.26 Å². The first kappa shape index (κ1) is 22.4. The molecule has 5 nitrogen and oxygen atoms in total. The number of nitriles is 1. The second-order valence-electron chi connectivity index (χ2n) is 6.22. The normalized spacial score (nSPS) is 10.8. The molecule has 3 aromatic rings. The lowest BCUT2D eigenvalue weighted by atomic mass is 10.1. The maximum absolute atomic E-state index is 12.4. The summed E-state index contributed by atoms with van der Waals surface area (Å²) >= 11 is 17.7. The Bertz CT molecular complexity index is 1220. The van der Waals surface area contributed by atoms with Gasteiger partial charge in [-0.15, -0.1) is 0 Å². The van der Waals surface area contributed by atoms with Crippen LogP contribution in [0.15, 0.2) is 72.3 Å². The van der Waals surface area contributed by atoms with Crippen molar-refractivity contribution in [1.82, 2.24) is 0 Å². The Balaban J connectivity index is 1.70. The number of hydrogen-bond acceptors (Lipinski definition) is 4. The summed E-state index contributed by atoms with van der Waals surface area (Å²) in [6.07, 6.45) is 1.41. The molecule has 0 aliphatic heterocycles. The van der Waals surface area contributed by atoms with Gasteiger partial charge in [0.1, 0.15) is 17.4 Å². The lowest BCUT2D eigenvalue weighted by Crippen LogP contribution is -2.13. The van der Waals surface area contributed by atoms with Crippen molar-refractivity contribution in [3.8, 4) is 11.8 Å². The molecule has 0 aromatic heterocycles. The van der Waals surface area contributed by atoms with Crippen LogP contribution in [0.4, 0.5) is 5.69 Å². The molecule has 0 aliphatic rings. The number of halogens is 3. The summed E-state index contributed by atoms with van der Waals surface area (Å²) in [7, 11) is 0. The molecule has 0 aliphatic carbocycles. The molecule has 0 heterocycles. The second kappa shape index (κ2) is 10.1. The number of anilines is 1. The van der Waals surface area contributed by atoms with Crippen LogP contribution in [0, 0.1) is 11.3 Å². The van der Waals surface area contributed by atoms with Crippen molar-refractivity contribution in [3.05, 3.63) is 98.5 Å². The molecule has 0 saturated carbocycles. The highest BCUT2D eigenvalue weighted by molar-refractivity contribution is 6.42. The maximum atomic E-state index is 12.4. The first-order valence-electron chi connectivity index (χ1n) is 8.82. The third-order valence-electron chi connectivity index (χ3n) is 4.00. The van der Waals surface area contributed by atoms with Gasteiger partial charge in [0, 0.05) is 10.7 Å². The average molecular weight is 472 g/mol. The lowest BCUT2D eigenvalue weighted by molar-refractivity contribution is -0.112. The molecule has 0 saturated heterocycles. The third kappa shape index (κ3) is 6.09. The Morgan fingerprint density at radius 3 is 2.32 bits per heavy atom. The summed E-state index contributed by atoms with van der Waals surface area (Å²) in [6, 6.07) is 19.2. The van der Waals surface area contributed by atoms with Gasteiger partial charge in [0.25, 0.3) is 5.91 Å². The number of amides is 1. The molecule has 0 fully saturated rings. The van der Waals surface area contributed by atoms with Gasteiger partial charge in [-0.3, -0.25) is 4.79 Å². The van der Waals surface area contributed by atoms with E-state index in [2.05, 4.69) is 5.32 Å². The Kier molecular flexibility index (Phi) is 7.32. The monoisotopic (exact) mass is 470 g/mol. The van der Waals surface area contributed by atoms with Gasteiger partial charge < -0.3 is 10.1 Å². The molecule has 0 atom stereocenters. The molecule has 0 unspecified atom stereocenters. The predicted molar refractivity (Wildman–Crippen MR) is 122 cm³/mol. The number of carbonyl (C=O) groups is 2. The van der Waals surface area contributed by atoms with Crippen molar-refractivity contribution >= 4 is 58.4 Å². The molecule has 0 spiro atoms. The van der Waals surface area contributed by atoms with Gasteiger partial charge in [0.2, 0.25) is 0 Å². The van der Waals surface area contributed by atoms with Gasteiger partial charge in [-0.25, -0.2) is 4.79 Å². The van der Waals surface area contributed by atoms with E-state index in [1.807, 2.05) is 6.07 Å². The number of ether oxygens (including phenoxy) is 1. The number of nitrogens with zero attached hydrogens (tertiary/aromatic N) is 1. The first-order chi connectivity index (χ1) is 14.9. The smallest absolute Gasteiger partial charge is 0.343 e. The van der Waals surface area contributed by atoms with E-state index in [9.17, 15) is 14.9 Å². The number of rotatable bonds is 5. The minimum absolute atomic E-state index is 0.116. The second-order valence-corrected chi connectivity index (χ2v) is 7.47. The van der Waals surface area contributed by atoms with Crippen LogP contribution in [0.5, 0.6) is 5.75 Å². The Morgan fingerprint density at radius 2 is 1.68 bits per heavy atom. The van der Waals surface area contributed by atoms with Crippen LogP contribution >= 0.6 is 34.8 Å². The molecule has 8 heteroatoms. The van der Waals surface area contributed by atoms with E-state index < -0.39 is 11.9 Å². The molecule has 31 heavy (non-hydrogen) atoms. The van der Waals surface area contributed by atoms with E-state index in [4.69, 9.17) is 39.5 Å². The summed E-state index contributed by atoms with van der Waals surface area (Å²) in [5, 5.41) is 13.0. The van der Waals surface area contributed by atoms with E-state index in [-0.39, 0.29) is 10.6 Å². The van der Waals surface area contributed by atoms with Gasteiger partial charge in [-0.05, 0) is 60.2 Å². The fourth-order valence-corrected chi connectivity index (χ4v) is 2.99. The maximum Gasteiger partial charge on any atom is 0.343 e. The quantitative estimate of drug-likeness (QED) is 0.202. The molecule has 1 N–H and O–H groups in total. The zero-order chi connectivity index (χ0) is 22.4. The fraction of sp³-hybridized carbons (Fsp3) is 0. The van der Waals surface area contributed by atoms with E-state index in [0.717, 1.165) is 0 Å². The van der Waals surface area contributed by atoms with Crippen molar-refractivity contribution in [3.63, 3.8) is 0 Å². The highest BCUT2D eigenvalue weighted by atomic mass is 35.5. The summed E-state index contributed by atoms with van der Waals surface area (Å²) in [5.41, 5.74) is 1.18. The van der Waals surface area contributed by atoms with Crippen LogP contribution < -0.4 is 10.1 Å². The van der Waals surface area contributed by atoms with Crippen molar-refractivity contribution in [1.29, 1.82) is 5.26 Å². The van der Waals surface area contributed by atoms with Crippen LogP contribution in [-0.2, 0) is 4.79 Å². The Labute approximate surface area is 193 Å². The molecule has 3 aromatic carbocycles. The van der Waals surface area contributed by atoms with Gasteiger partial charge in [0.05, 0.1) is 15.6 Å². The van der Waals surface area contributed by atoms with Crippen LogP contribution in [0.3, 0.4) is 0 Å². The lowest BCUT2D eigenvalue weighted by Gasteiger charge is -2.06. The Morgan fingerprint density at radius 1 is 0.935 bits per heavy atom. The molecule has 0 bridgehead atoms. The standard InChI is InChI=1S/C23H13Cl3N2O3/c24-17-3-1-2-15(11-17)23(30)31-19-7-4-14(5-8-19)10-16(13-27)22(29)28-18-6-9-20(25)21(26)12-18/h1-12H,(H,28,29)/b16-10-. The number of nitrogens with one attached hydrogen (secondary N) is 1. The molecular weight excluding hydrogens is 459 g/mol. The summed E-state index contributed by atoms with van der Waals surface area (Å²) in [4.78, 5) is 24.6. The van der Waals surface area contributed by atoms with Crippen molar-refractivity contribution in [2.75, 3.05) is 5.32 Å².